The molecule has 3 aromatic rings. The highest BCUT2D eigenvalue weighted by Gasteiger charge is 2.16. The molecule has 0 saturated heterocycles. The van der Waals surface area contributed by atoms with E-state index >= 15 is 0 Å². The SMILES string of the molecule is COc1cccc2cc(-c3oncc3N)n(C)c12. The van der Waals surface area contributed by atoms with Crippen LogP contribution in [0.3, 0.4) is 0 Å². The lowest BCUT2D eigenvalue weighted by Crippen LogP contribution is -1.95. The molecule has 18 heavy (non-hydrogen) atoms. The van der Waals surface area contributed by atoms with Gasteiger partial charge in [0.1, 0.15) is 11.4 Å². The minimum absolute atomic E-state index is 0.528. The van der Waals surface area contributed by atoms with Gasteiger partial charge in [-0.1, -0.05) is 17.3 Å². The van der Waals surface area contributed by atoms with E-state index in [0.717, 1.165) is 22.3 Å². The highest BCUT2D eigenvalue weighted by atomic mass is 16.5. The number of nitrogen functional groups attached to an aromatic ring is 1. The van der Waals surface area contributed by atoms with Crippen LogP contribution in [0.1, 0.15) is 0 Å². The number of aromatic nitrogens is 2. The Bertz CT molecular complexity index is 712. The fourth-order valence-electron chi connectivity index (χ4n) is 2.20. The summed E-state index contributed by atoms with van der Waals surface area (Å²) >= 11 is 0. The standard InChI is InChI=1S/C13H13N3O2/c1-16-10(13-9(14)7-15-18-13)6-8-4-3-5-11(17-2)12(8)16/h3-7H,14H2,1-2H3. The molecule has 2 aromatic heterocycles. The molecule has 2 N–H and O–H groups in total. The molecule has 0 radical (unpaired) electrons. The van der Waals surface area contributed by atoms with Gasteiger partial charge in [-0.2, -0.15) is 0 Å². The number of nitrogens with zero attached hydrogens (tertiary/aromatic N) is 2. The zero-order valence-corrected chi connectivity index (χ0v) is 10.2. The van der Waals surface area contributed by atoms with Gasteiger partial charge in [-0.3, -0.25) is 0 Å². The number of rotatable bonds is 2. The van der Waals surface area contributed by atoms with Crippen LogP contribution in [0.15, 0.2) is 35.0 Å². The van der Waals surface area contributed by atoms with Crippen molar-refractivity contribution in [2.45, 2.75) is 0 Å². The van der Waals surface area contributed by atoms with E-state index < -0.39 is 0 Å². The van der Waals surface area contributed by atoms with Crippen molar-refractivity contribution in [1.82, 2.24) is 9.72 Å². The maximum Gasteiger partial charge on any atom is 0.206 e. The summed E-state index contributed by atoms with van der Waals surface area (Å²) in [5.41, 5.74) is 8.25. The molecule has 0 amide bonds. The molecule has 0 spiro atoms. The minimum Gasteiger partial charge on any atom is -0.495 e. The number of methoxy groups -OCH3 is 1. The van der Waals surface area contributed by atoms with Crippen molar-refractivity contribution in [1.29, 1.82) is 0 Å². The van der Waals surface area contributed by atoms with Crippen LogP contribution in [0.2, 0.25) is 0 Å². The molecule has 0 aliphatic rings. The molecule has 0 saturated carbocycles. The van der Waals surface area contributed by atoms with Crippen molar-refractivity contribution < 1.29 is 9.26 Å². The summed E-state index contributed by atoms with van der Waals surface area (Å²) in [4.78, 5) is 0. The van der Waals surface area contributed by atoms with E-state index in [0.29, 0.717) is 11.4 Å². The molecule has 92 valence electrons. The molecular formula is C13H13N3O2. The normalized spacial score (nSPS) is 11.0. The van der Waals surface area contributed by atoms with Crippen molar-refractivity contribution in [3.63, 3.8) is 0 Å². The van der Waals surface area contributed by atoms with E-state index in [1.165, 1.54) is 6.20 Å². The Morgan fingerprint density at radius 1 is 1.39 bits per heavy atom. The van der Waals surface area contributed by atoms with Crippen LogP contribution in [0.4, 0.5) is 5.69 Å². The molecule has 1 aromatic carbocycles. The van der Waals surface area contributed by atoms with Crippen LogP contribution in [0.5, 0.6) is 5.75 Å². The number of aryl methyl sites for hydroxylation is 1. The van der Waals surface area contributed by atoms with E-state index in [2.05, 4.69) is 5.16 Å². The van der Waals surface area contributed by atoms with Gasteiger partial charge in [-0.25, -0.2) is 0 Å². The second-order valence-electron chi connectivity index (χ2n) is 4.10. The third-order valence-electron chi connectivity index (χ3n) is 3.07. The molecule has 0 bridgehead atoms. The van der Waals surface area contributed by atoms with E-state index in [-0.39, 0.29) is 0 Å². The molecule has 2 heterocycles. The Morgan fingerprint density at radius 2 is 2.22 bits per heavy atom. The first kappa shape index (κ1) is 10.7. The lowest BCUT2D eigenvalue weighted by atomic mass is 10.2. The van der Waals surface area contributed by atoms with Crippen molar-refractivity contribution in [3.05, 3.63) is 30.5 Å². The molecule has 0 aliphatic heterocycles. The molecule has 0 fully saturated rings. The quantitative estimate of drug-likeness (QED) is 0.750. The number of benzene rings is 1. The molecule has 0 atom stereocenters. The fraction of sp³-hybridized carbons (Fsp3) is 0.154. The number of ether oxygens (including phenoxy) is 1. The molecule has 0 aliphatic carbocycles. The van der Waals surface area contributed by atoms with Gasteiger partial charge in [0.15, 0.2) is 0 Å². The Hall–Kier alpha value is -2.43. The van der Waals surface area contributed by atoms with Gasteiger partial charge in [0.2, 0.25) is 5.76 Å². The first-order chi connectivity index (χ1) is 8.72. The van der Waals surface area contributed by atoms with Gasteiger partial charge in [0.25, 0.3) is 0 Å². The maximum atomic E-state index is 5.83. The third kappa shape index (κ3) is 1.37. The topological polar surface area (TPSA) is 66.2 Å². The summed E-state index contributed by atoms with van der Waals surface area (Å²) in [6.45, 7) is 0. The van der Waals surface area contributed by atoms with E-state index in [4.69, 9.17) is 15.0 Å². The summed E-state index contributed by atoms with van der Waals surface area (Å²) in [5.74, 6) is 1.40. The first-order valence-electron chi connectivity index (χ1n) is 5.55. The van der Waals surface area contributed by atoms with Gasteiger partial charge >= 0.3 is 0 Å². The van der Waals surface area contributed by atoms with Crippen LogP contribution in [-0.4, -0.2) is 16.8 Å². The number of para-hydroxylation sites is 1. The zero-order chi connectivity index (χ0) is 12.7. The van der Waals surface area contributed by atoms with Crippen LogP contribution >= 0.6 is 0 Å². The average molecular weight is 243 g/mol. The van der Waals surface area contributed by atoms with E-state index in [1.807, 2.05) is 35.9 Å². The Labute approximate surface area is 104 Å². The lowest BCUT2D eigenvalue weighted by molar-refractivity contribution is 0.417. The number of nitrogens with two attached hydrogens (primary N) is 1. The Morgan fingerprint density at radius 3 is 2.89 bits per heavy atom. The molecule has 3 rings (SSSR count). The van der Waals surface area contributed by atoms with Crippen molar-refractivity contribution >= 4 is 16.6 Å². The monoisotopic (exact) mass is 243 g/mol. The van der Waals surface area contributed by atoms with Crippen LogP contribution < -0.4 is 10.5 Å². The molecular weight excluding hydrogens is 230 g/mol. The fourth-order valence-corrected chi connectivity index (χ4v) is 2.20. The summed E-state index contributed by atoms with van der Waals surface area (Å²) in [6.07, 6.45) is 1.50. The Balaban J connectivity index is 2.33. The van der Waals surface area contributed by atoms with E-state index in [9.17, 15) is 0 Å². The summed E-state index contributed by atoms with van der Waals surface area (Å²) in [7, 11) is 3.60. The number of hydrogen-bond donors (Lipinski definition) is 1. The van der Waals surface area contributed by atoms with Gasteiger partial charge in [-0.15, -0.1) is 0 Å². The smallest absolute Gasteiger partial charge is 0.206 e. The number of fused-ring (bicyclic) bond motifs is 1. The van der Waals surface area contributed by atoms with Crippen molar-refractivity contribution in [2.75, 3.05) is 12.8 Å². The third-order valence-corrected chi connectivity index (χ3v) is 3.07. The highest BCUT2D eigenvalue weighted by molar-refractivity contribution is 5.91. The summed E-state index contributed by atoms with van der Waals surface area (Å²) in [6, 6.07) is 7.91. The highest BCUT2D eigenvalue weighted by Crippen LogP contribution is 2.34. The average Bonchev–Trinajstić information content (AvgIpc) is 2.93. The lowest BCUT2D eigenvalue weighted by Gasteiger charge is -2.05. The minimum atomic E-state index is 0.528. The van der Waals surface area contributed by atoms with E-state index in [1.54, 1.807) is 7.11 Å². The molecule has 5 nitrogen and oxygen atoms in total. The first-order valence-corrected chi connectivity index (χ1v) is 5.55. The van der Waals surface area contributed by atoms with Crippen LogP contribution in [0.25, 0.3) is 22.4 Å². The van der Waals surface area contributed by atoms with Gasteiger partial charge in [-0.05, 0) is 12.1 Å². The Kier molecular flexibility index (Phi) is 2.26. The van der Waals surface area contributed by atoms with Crippen molar-refractivity contribution in [3.8, 4) is 17.2 Å². The van der Waals surface area contributed by atoms with Crippen molar-refractivity contribution in [2.24, 2.45) is 7.05 Å². The summed E-state index contributed by atoms with van der Waals surface area (Å²) in [5, 5.41) is 4.78. The molecule has 5 heteroatoms. The zero-order valence-electron chi connectivity index (χ0n) is 10.2. The predicted molar refractivity (Wildman–Crippen MR) is 69.4 cm³/mol. The second-order valence-corrected chi connectivity index (χ2v) is 4.10. The predicted octanol–water partition coefficient (Wildman–Crippen LogP) is 2.42. The van der Waals surface area contributed by atoms with Gasteiger partial charge < -0.3 is 19.6 Å². The maximum absolute atomic E-state index is 5.83. The largest absolute Gasteiger partial charge is 0.495 e. The van der Waals surface area contributed by atoms with Crippen LogP contribution in [0, 0.1) is 0 Å². The number of hydrogen-bond acceptors (Lipinski definition) is 4. The van der Waals surface area contributed by atoms with Gasteiger partial charge in [0.05, 0.1) is 24.5 Å². The van der Waals surface area contributed by atoms with Crippen LogP contribution in [-0.2, 0) is 7.05 Å². The second kappa shape index (κ2) is 3.80. The van der Waals surface area contributed by atoms with Gasteiger partial charge in [0, 0.05) is 12.4 Å². The summed E-state index contributed by atoms with van der Waals surface area (Å²) < 4.78 is 12.6. The molecule has 0 unspecified atom stereocenters. The number of anilines is 1.